The maximum Gasteiger partial charge on any atom is 0.322 e. The van der Waals surface area contributed by atoms with Gasteiger partial charge in [-0.05, 0) is 63.3 Å². The van der Waals surface area contributed by atoms with Gasteiger partial charge in [-0.25, -0.2) is 9.18 Å². The molecule has 4 aliphatic rings. The molecule has 1 N–H and O–H groups in total. The van der Waals surface area contributed by atoms with Crippen LogP contribution in [0.3, 0.4) is 0 Å². The summed E-state index contributed by atoms with van der Waals surface area (Å²) < 4.78 is 15.8. The van der Waals surface area contributed by atoms with Crippen LogP contribution < -0.4 is 10.2 Å². The highest BCUT2D eigenvalue weighted by molar-refractivity contribution is 8.01. The second kappa shape index (κ2) is 14.9. The first-order chi connectivity index (χ1) is 24.6. The normalized spacial score (nSPS) is 22.2. The number of hydrogen-bond acceptors (Lipinski definition) is 6. The second-order valence-electron chi connectivity index (χ2n) is 15.1. The van der Waals surface area contributed by atoms with E-state index in [4.69, 9.17) is 0 Å². The Kier molecular flexibility index (Phi) is 10.3. The van der Waals surface area contributed by atoms with Gasteiger partial charge in [-0.15, -0.1) is 11.8 Å². The molecule has 0 radical (unpaired) electrons. The Hall–Kier alpha value is -4.09. The summed E-state index contributed by atoms with van der Waals surface area (Å²) in [6, 6.07) is 22.9. The predicted molar refractivity (Wildman–Crippen MR) is 201 cm³/mol. The molecule has 0 bridgehead atoms. The summed E-state index contributed by atoms with van der Waals surface area (Å²) >= 11 is 1.47. The first-order valence-electron chi connectivity index (χ1n) is 18.3. The zero-order valence-corrected chi connectivity index (χ0v) is 30.7. The molecule has 0 aromatic heterocycles. The third-order valence-corrected chi connectivity index (χ3v) is 12.4. The number of benzene rings is 3. The van der Waals surface area contributed by atoms with Gasteiger partial charge in [-0.1, -0.05) is 60.7 Å². The van der Waals surface area contributed by atoms with Crippen LogP contribution in [-0.4, -0.2) is 100 Å². The number of halogens is 1. The van der Waals surface area contributed by atoms with E-state index in [1.807, 2.05) is 69.3 Å². The van der Waals surface area contributed by atoms with Crippen LogP contribution in [0.5, 0.6) is 0 Å². The van der Waals surface area contributed by atoms with Gasteiger partial charge in [0, 0.05) is 81.6 Å². The van der Waals surface area contributed by atoms with Crippen molar-refractivity contribution in [1.29, 1.82) is 0 Å². The smallest absolute Gasteiger partial charge is 0.322 e. The van der Waals surface area contributed by atoms with Crippen LogP contribution in [-0.2, 0) is 22.6 Å². The highest BCUT2D eigenvalue weighted by Gasteiger charge is 2.44. The van der Waals surface area contributed by atoms with Crippen molar-refractivity contribution in [3.05, 3.63) is 95.3 Å². The fourth-order valence-corrected chi connectivity index (χ4v) is 9.49. The summed E-state index contributed by atoms with van der Waals surface area (Å²) in [6.45, 7) is 11.7. The molecule has 7 rings (SSSR count). The molecule has 2 atom stereocenters. The number of carbonyl (C=O) groups excluding carboxylic acids is 3. The van der Waals surface area contributed by atoms with Crippen molar-refractivity contribution in [2.45, 2.75) is 75.2 Å². The van der Waals surface area contributed by atoms with Gasteiger partial charge in [-0.3, -0.25) is 14.5 Å². The van der Waals surface area contributed by atoms with Crippen molar-refractivity contribution in [2.24, 2.45) is 0 Å². The lowest BCUT2D eigenvalue weighted by molar-refractivity contribution is -0.137. The van der Waals surface area contributed by atoms with E-state index in [0.29, 0.717) is 57.8 Å². The van der Waals surface area contributed by atoms with Crippen LogP contribution in [0.25, 0.3) is 0 Å². The van der Waals surface area contributed by atoms with E-state index in [0.717, 1.165) is 41.9 Å². The number of urea groups is 1. The maximum absolute atomic E-state index is 15.8. The predicted octanol–water partition coefficient (Wildman–Crippen LogP) is 6.36. The van der Waals surface area contributed by atoms with Crippen LogP contribution in [0.15, 0.2) is 72.8 Å². The number of nitrogens with zero attached hydrogens (tertiary/aromatic N) is 5. The van der Waals surface area contributed by atoms with Gasteiger partial charge in [0.2, 0.25) is 11.8 Å². The van der Waals surface area contributed by atoms with Crippen molar-refractivity contribution in [2.75, 3.05) is 56.0 Å². The van der Waals surface area contributed by atoms with E-state index in [1.54, 1.807) is 6.07 Å². The molecule has 0 aliphatic carbocycles. The number of piperidine rings is 1. The SMILES string of the molecule is CC(C)(C)N1CCN(c2c(F)cccc2C2S[C@H](CC(=O)N3CCC(N4CCc5ccccc5NC4=O)CC3)C(=O)N2Cc2ccccc2)CC1. The molecular formula is C40H49FN6O3S. The average molecular weight is 713 g/mol. The van der Waals surface area contributed by atoms with Gasteiger partial charge in [0.1, 0.15) is 11.2 Å². The minimum atomic E-state index is -0.576. The third-order valence-electron chi connectivity index (χ3n) is 10.9. The number of fused-ring (bicyclic) bond motifs is 1. The van der Waals surface area contributed by atoms with E-state index in [2.05, 4.69) is 42.0 Å². The largest absolute Gasteiger partial charge is 0.366 e. The van der Waals surface area contributed by atoms with Crippen LogP contribution in [0.4, 0.5) is 20.6 Å². The molecule has 3 fully saturated rings. The molecule has 1 unspecified atom stereocenters. The summed E-state index contributed by atoms with van der Waals surface area (Å²) in [5.41, 5.74) is 4.36. The summed E-state index contributed by atoms with van der Waals surface area (Å²) in [5, 5.41) is 2.06. The molecule has 3 saturated heterocycles. The molecule has 4 heterocycles. The Morgan fingerprint density at radius 2 is 1.57 bits per heavy atom. The van der Waals surface area contributed by atoms with Gasteiger partial charge in [-0.2, -0.15) is 0 Å². The number of likely N-dealkylation sites (tertiary alicyclic amines) is 1. The van der Waals surface area contributed by atoms with Crippen LogP contribution in [0.1, 0.15) is 62.1 Å². The molecule has 3 aromatic carbocycles. The highest BCUT2D eigenvalue weighted by atomic mass is 32.2. The number of rotatable bonds is 7. The first-order valence-corrected chi connectivity index (χ1v) is 19.2. The molecule has 4 aliphatic heterocycles. The number of carbonyl (C=O) groups is 3. The lowest BCUT2D eigenvalue weighted by Crippen LogP contribution is -2.53. The topological polar surface area (TPSA) is 79.4 Å². The molecule has 11 heteroatoms. The number of amides is 4. The second-order valence-corrected chi connectivity index (χ2v) is 16.4. The quantitative estimate of drug-likeness (QED) is 0.307. The van der Waals surface area contributed by atoms with Crippen LogP contribution in [0, 0.1) is 5.82 Å². The Balaban J connectivity index is 1.05. The summed E-state index contributed by atoms with van der Waals surface area (Å²) in [5.74, 6) is -0.426. The minimum absolute atomic E-state index is 0.0353. The van der Waals surface area contributed by atoms with Crippen LogP contribution >= 0.6 is 11.8 Å². The number of hydrogen-bond donors (Lipinski definition) is 1. The van der Waals surface area contributed by atoms with E-state index < -0.39 is 10.6 Å². The maximum atomic E-state index is 15.8. The molecule has 9 nitrogen and oxygen atoms in total. The fraction of sp³-hybridized carbons (Fsp3) is 0.475. The minimum Gasteiger partial charge on any atom is -0.366 e. The number of para-hydroxylation sites is 2. The summed E-state index contributed by atoms with van der Waals surface area (Å²) in [7, 11) is 0. The third kappa shape index (κ3) is 7.60. The Morgan fingerprint density at radius 1 is 0.863 bits per heavy atom. The van der Waals surface area contributed by atoms with E-state index in [1.165, 1.54) is 17.8 Å². The molecule has 51 heavy (non-hydrogen) atoms. The van der Waals surface area contributed by atoms with Gasteiger partial charge < -0.3 is 24.9 Å². The Morgan fingerprint density at radius 3 is 2.29 bits per heavy atom. The standard InChI is InChI=1S/C40H49FN6O3S/c1-40(2,3)45-24-22-44(23-25-45)36-31(13-9-14-32(36)41)38-47(27-28-10-5-4-6-11-28)37(49)34(51-38)26-35(48)43-19-17-30(18-20-43)46-21-16-29-12-7-8-15-33(29)42-39(46)50/h4-15,30,34,38H,16-27H2,1-3H3,(H,42,50)/t34-,38?/m1/s1. The van der Waals surface area contributed by atoms with Crippen molar-refractivity contribution in [1.82, 2.24) is 19.6 Å². The Bertz CT molecular complexity index is 1740. The van der Waals surface area contributed by atoms with Gasteiger partial charge in [0.25, 0.3) is 0 Å². The molecule has 4 amide bonds. The van der Waals surface area contributed by atoms with Crippen LogP contribution in [0.2, 0.25) is 0 Å². The molecule has 0 spiro atoms. The lowest BCUT2D eigenvalue weighted by Gasteiger charge is -2.43. The lowest BCUT2D eigenvalue weighted by atomic mass is 10.0. The number of piperazine rings is 1. The molecule has 0 saturated carbocycles. The monoisotopic (exact) mass is 712 g/mol. The number of anilines is 2. The van der Waals surface area contributed by atoms with Crippen molar-refractivity contribution in [3.8, 4) is 0 Å². The van der Waals surface area contributed by atoms with Crippen molar-refractivity contribution in [3.63, 3.8) is 0 Å². The molecule has 3 aromatic rings. The zero-order chi connectivity index (χ0) is 35.7. The summed E-state index contributed by atoms with van der Waals surface area (Å²) in [4.78, 5) is 51.3. The average Bonchev–Trinajstić information content (AvgIpc) is 3.31. The summed E-state index contributed by atoms with van der Waals surface area (Å²) in [6.07, 6.45) is 2.26. The first kappa shape index (κ1) is 35.3. The van der Waals surface area contributed by atoms with Gasteiger partial charge in [0.05, 0.1) is 10.9 Å². The van der Waals surface area contributed by atoms with Gasteiger partial charge >= 0.3 is 6.03 Å². The number of thioether (sulfide) groups is 1. The van der Waals surface area contributed by atoms with E-state index in [9.17, 15) is 14.4 Å². The zero-order valence-electron chi connectivity index (χ0n) is 29.9. The van der Waals surface area contributed by atoms with Crippen molar-refractivity contribution >= 4 is 41.0 Å². The fourth-order valence-electron chi connectivity index (χ4n) is 8.02. The van der Waals surface area contributed by atoms with E-state index >= 15 is 4.39 Å². The molecule has 270 valence electrons. The Labute approximate surface area is 305 Å². The van der Waals surface area contributed by atoms with Crippen molar-refractivity contribution < 1.29 is 18.8 Å². The van der Waals surface area contributed by atoms with Gasteiger partial charge in [0.15, 0.2) is 0 Å². The molecular weight excluding hydrogens is 664 g/mol. The highest BCUT2D eigenvalue weighted by Crippen LogP contribution is 2.48. The van der Waals surface area contributed by atoms with E-state index in [-0.39, 0.29) is 41.7 Å². The number of nitrogens with one attached hydrogen (secondary N) is 1.